The van der Waals surface area contributed by atoms with Crippen LogP contribution in [0.1, 0.15) is 0 Å². The van der Waals surface area contributed by atoms with Crippen LogP contribution in [0.25, 0.3) is 0 Å². The quantitative estimate of drug-likeness (QED) is 0.831. The summed E-state index contributed by atoms with van der Waals surface area (Å²) in [5.74, 6) is 0.205. The molecule has 114 valence electrons. The molecule has 0 radical (unpaired) electrons. The molecule has 2 heterocycles. The van der Waals surface area contributed by atoms with Gasteiger partial charge < -0.3 is 0 Å². The predicted molar refractivity (Wildman–Crippen MR) is 91.9 cm³/mol. The Morgan fingerprint density at radius 1 is 1.27 bits per heavy atom. The summed E-state index contributed by atoms with van der Waals surface area (Å²) in [6.07, 6.45) is 1.52. The molecule has 0 aliphatic carbocycles. The van der Waals surface area contributed by atoms with Crippen LogP contribution in [0.4, 0.5) is 10.8 Å². The van der Waals surface area contributed by atoms with Gasteiger partial charge in [-0.2, -0.15) is 0 Å². The minimum atomic E-state index is -3.69. The van der Waals surface area contributed by atoms with Crippen LogP contribution in [-0.2, 0) is 14.8 Å². The molecule has 10 heteroatoms. The number of carbonyl (C=O) groups is 1. The molecule has 22 heavy (non-hydrogen) atoms. The Morgan fingerprint density at radius 3 is 2.55 bits per heavy atom. The lowest BCUT2D eigenvalue weighted by Crippen LogP contribution is -2.27. The average molecular weight is 371 g/mol. The second-order valence-electron chi connectivity index (χ2n) is 4.22. The molecule has 1 saturated heterocycles. The Kier molecular flexibility index (Phi) is 4.17. The molecule has 1 aliphatic rings. The van der Waals surface area contributed by atoms with Crippen LogP contribution in [0.5, 0.6) is 0 Å². The summed E-state index contributed by atoms with van der Waals surface area (Å²) in [5, 5.41) is 1.98. The number of nitrogens with zero attached hydrogens (tertiary/aromatic N) is 2. The van der Waals surface area contributed by atoms with Gasteiger partial charge in [-0.25, -0.2) is 13.4 Å². The van der Waals surface area contributed by atoms with E-state index in [4.69, 9.17) is 12.2 Å². The largest absolute Gasteiger partial charge is 0.273 e. The zero-order valence-corrected chi connectivity index (χ0v) is 14.2. The van der Waals surface area contributed by atoms with E-state index in [2.05, 4.69) is 9.71 Å². The van der Waals surface area contributed by atoms with E-state index in [1.165, 1.54) is 46.3 Å². The molecule has 1 aliphatic heterocycles. The third-order valence-corrected chi connectivity index (χ3v) is 6.34. The van der Waals surface area contributed by atoms with Gasteiger partial charge in [0, 0.05) is 11.6 Å². The Labute approximate surface area is 140 Å². The smallest absolute Gasteiger partial charge is 0.263 e. The lowest BCUT2D eigenvalue weighted by molar-refractivity contribution is -0.115. The SMILES string of the molecule is O=C1CSC(=S)N1c1ccc(S(=O)(=O)Nc2nccs2)cc1. The summed E-state index contributed by atoms with van der Waals surface area (Å²) < 4.78 is 27.3. The Morgan fingerprint density at radius 2 is 2.00 bits per heavy atom. The van der Waals surface area contributed by atoms with E-state index in [0.717, 1.165) is 0 Å². The summed E-state index contributed by atoms with van der Waals surface area (Å²) >= 11 is 7.60. The van der Waals surface area contributed by atoms with Gasteiger partial charge in [-0.3, -0.25) is 14.4 Å². The maximum absolute atomic E-state index is 12.2. The van der Waals surface area contributed by atoms with E-state index in [1.807, 2.05) is 0 Å². The highest BCUT2D eigenvalue weighted by Crippen LogP contribution is 2.28. The monoisotopic (exact) mass is 371 g/mol. The molecular formula is C12H9N3O3S4. The third kappa shape index (κ3) is 3.00. The number of thioether (sulfide) groups is 1. The first kappa shape index (κ1) is 15.4. The molecule has 0 bridgehead atoms. The van der Waals surface area contributed by atoms with Crippen molar-refractivity contribution in [3.63, 3.8) is 0 Å². The molecule has 3 rings (SSSR count). The van der Waals surface area contributed by atoms with Crippen LogP contribution < -0.4 is 9.62 Å². The van der Waals surface area contributed by atoms with Gasteiger partial charge in [-0.15, -0.1) is 11.3 Å². The van der Waals surface area contributed by atoms with Crippen LogP contribution in [0, 0.1) is 0 Å². The number of aromatic nitrogens is 1. The van der Waals surface area contributed by atoms with E-state index in [9.17, 15) is 13.2 Å². The number of hydrogen-bond donors (Lipinski definition) is 1. The van der Waals surface area contributed by atoms with E-state index in [0.29, 0.717) is 20.9 Å². The van der Waals surface area contributed by atoms with Gasteiger partial charge >= 0.3 is 0 Å². The number of thiazole rings is 1. The third-order valence-electron chi connectivity index (χ3n) is 2.81. The Hall–Kier alpha value is -1.49. The Balaban J connectivity index is 1.85. The van der Waals surface area contributed by atoms with Gasteiger partial charge in [0.2, 0.25) is 5.91 Å². The maximum Gasteiger partial charge on any atom is 0.263 e. The molecule has 0 saturated carbocycles. The highest BCUT2D eigenvalue weighted by atomic mass is 32.2. The number of anilines is 2. The number of hydrogen-bond acceptors (Lipinski definition) is 7. The fourth-order valence-electron chi connectivity index (χ4n) is 1.83. The first-order valence-corrected chi connectivity index (χ1v) is 9.75. The number of nitrogens with one attached hydrogen (secondary N) is 1. The van der Waals surface area contributed by atoms with Crippen LogP contribution >= 0.6 is 35.3 Å². The van der Waals surface area contributed by atoms with Gasteiger partial charge in [-0.05, 0) is 24.3 Å². The summed E-state index contributed by atoms with van der Waals surface area (Å²) in [7, 11) is -3.69. The molecule has 1 fully saturated rings. The summed E-state index contributed by atoms with van der Waals surface area (Å²) in [6, 6.07) is 5.99. The van der Waals surface area contributed by atoms with Crippen molar-refractivity contribution >= 4 is 66.4 Å². The second-order valence-corrected chi connectivity index (χ2v) is 8.41. The van der Waals surface area contributed by atoms with Crippen molar-refractivity contribution in [3.05, 3.63) is 35.8 Å². The van der Waals surface area contributed by atoms with Crippen LogP contribution in [-0.4, -0.2) is 29.4 Å². The number of amides is 1. The maximum atomic E-state index is 12.2. The van der Waals surface area contributed by atoms with E-state index < -0.39 is 10.0 Å². The van der Waals surface area contributed by atoms with E-state index in [-0.39, 0.29) is 10.8 Å². The van der Waals surface area contributed by atoms with Crippen molar-refractivity contribution in [2.75, 3.05) is 15.4 Å². The summed E-state index contributed by atoms with van der Waals surface area (Å²) in [5.41, 5.74) is 0.563. The van der Waals surface area contributed by atoms with Crippen molar-refractivity contribution in [3.8, 4) is 0 Å². The standard InChI is InChI=1S/C12H9N3O3S4/c16-10-7-21-12(19)15(10)8-1-3-9(4-2-8)22(17,18)14-11-13-5-6-20-11/h1-6H,7H2,(H,13,14). The number of thiocarbonyl (C=S) groups is 1. The van der Waals surface area contributed by atoms with Gasteiger partial charge in [-0.1, -0.05) is 24.0 Å². The van der Waals surface area contributed by atoms with Gasteiger partial charge in [0.05, 0.1) is 16.3 Å². The zero-order valence-electron chi connectivity index (χ0n) is 10.9. The normalized spacial score (nSPS) is 15.4. The highest BCUT2D eigenvalue weighted by Gasteiger charge is 2.28. The van der Waals surface area contributed by atoms with E-state index >= 15 is 0 Å². The summed E-state index contributed by atoms with van der Waals surface area (Å²) in [6.45, 7) is 0. The van der Waals surface area contributed by atoms with Crippen molar-refractivity contribution in [2.24, 2.45) is 0 Å². The number of benzene rings is 1. The van der Waals surface area contributed by atoms with Crippen molar-refractivity contribution in [1.82, 2.24) is 4.98 Å². The van der Waals surface area contributed by atoms with Crippen molar-refractivity contribution in [2.45, 2.75) is 4.90 Å². The molecule has 0 atom stereocenters. The molecular weight excluding hydrogens is 362 g/mol. The number of rotatable bonds is 4. The fraction of sp³-hybridized carbons (Fsp3) is 0.0833. The molecule has 2 aromatic rings. The minimum absolute atomic E-state index is 0.0941. The van der Waals surface area contributed by atoms with Crippen molar-refractivity contribution in [1.29, 1.82) is 0 Å². The molecule has 6 nitrogen and oxygen atoms in total. The van der Waals surface area contributed by atoms with Crippen LogP contribution in [0.15, 0.2) is 40.7 Å². The first-order valence-electron chi connectivity index (χ1n) is 5.99. The molecule has 1 aromatic carbocycles. The lowest BCUT2D eigenvalue weighted by atomic mass is 10.3. The van der Waals surface area contributed by atoms with Gasteiger partial charge in [0.25, 0.3) is 10.0 Å². The second kappa shape index (κ2) is 5.95. The molecule has 1 aromatic heterocycles. The predicted octanol–water partition coefficient (Wildman–Crippen LogP) is 2.31. The first-order chi connectivity index (χ1) is 10.5. The highest BCUT2D eigenvalue weighted by molar-refractivity contribution is 8.24. The van der Waals surface area contributed by atoms with Crippen LogP contribution in [0.2, 0.25) is 0 Å². The van der Waals surface area contributed by atoms with Crippen LogP contribution in [0.3, 0.4) is 0 Å². The number of carbonyl (C=O) groups excluding carboxylic acids is 1. The lowest BCUT2D eigenvalue weighted by Gasteiger charge is -2.15. The summed E-state index contributed by atoms with van der Waals surface area (Å²) in [4.78, 5) is 17.1. The molecule has 1 N–H and O–H groups in total. The van der Waals surface area contributed by atoms with Gasteiger partial charge in [0.1, 0.15) is 4.32 Å². The van der Waals surface area contributed by atoms with Gasteiger partial charge in [0.15, 0.2) is 5.13 Å². The fourth-order valence-corrected chi connectivity index (χ4v) is 4.71. The molecule has 0 spiro atoms. The Bertz CT molecular complexity index is 800. The topological polar surface area (TPSA) is 79.4 Å². The zero-order chi connectivity index (χ0) is 15.7. The molecule has 0 unspecified atom stereocenters. The minimum Gasteiger partial charge on any atom is -0.273 e. The average Bonchev–Trinajstić information content (AvgIpc) is 3.09. The molecule has 1 amide bonds. The van der Waals surface area contributed by atoms with E-state index in [1.54, 1.807) is 17.5 Å². The van der Waals surface area contributed by atoms with Crippen molar-refractivity contribution < 1.29 is 13.2 Å². The number of sulfonamides is 1.